The molecule has 0 fully saturated rings. The number of nitrogens with one attached hydrogen (secondary N) is 1. The minimum atomic E-state index is -1.80. The van der Waals surface area contributed by atoms with Crippen molar-refractivity contribution in [3.8, 4) is 17.2 Å². The van der Waals surface area contributed by atoms with Crippen molar-refractivity contribution in [2.45, 2.75) is 25.7 Å². The van der Waals surface area contributed by atoms with Crippen LogP contribution in [0.15, 0.2) is 109 Å². The van der Waals surface area contributed by atoms with Gasteiger partial charge in [-0.05, 0) is 79.4 Å². The number of carbonyl (C=O) groups excluding carboxylic acids is 1. The van der Waals surface area contributed by atoms with Crippen LogP contribution in [-0.2, 0) is 4.79 Å². The number of carbonyl (C=O) groups is 1. The molecule has 200 valence electrons. The maximum Gasteiger partial charge on any atom is 0.243 e. The average Bonchev–Trinajstić information content (AvgIpc) is 2.97. The molecule has 0 bridgehead atoms. The first kappa shape index (κ1) is 27.9. The molecule has 39 heavy (non-hydrogen) atoms. The van der Waals surface area contributed by atoms with E-state index in [0.717, 1.165) is 31.8 Å². The molecule has 4 N–H and O–H groups in total. The summed E-state index contributed by atoms with van der Waals surface area (Å²) in [6, 6.07) is 35.3. The molecule has 0 saturated carbocycles. The first-order chi connectivity index (χ1) is 19.0. The summed E-state index contributed by atoms with van der Waals surface area (Å²) < 4.78 is 0. The van der Waals surface area contributed by atoms with E-state index in [-0.39, 0.29) is 5.91 Å². The molecule has 0 heterocycles. The van der Waals surface area contributed by atoms with Crippen LogP contribution < -0.4 is 21.2 Å². The second kappa shape index (κ2) is 13.6. The van der Waals surface area contributed by atoms with Crippen molar-refractivity contribution in [3.05, 3.63) is 115 Å². The minimum absolute atomic E-state index is 0.246. The summed E-state index contributed by atoms with van der Waals surface area (Å²) in [6.45, 7) is 0.575. The Kier molecular flexibility index (Phi) is 9.77. The fraction of sp³-hybridized carbons (Fsp3) is 0.182. The highest BCUT2D eigenvalue weighted by atomic mass is 31.2. The first-order valence-electron chi connectivity index (χ1n) is 13.3. The molecule has 1 amide bonds. The maximum atomic E-state index is 12.2. The highest BCUT2D eigenvalue weighted by Gasteiger charge is 2.44. The monoisotopic (exact) mass is 540 g/mol. The molecule has 0 unspecified atom stereocenters. The largest absolute Gasteiger partial charge is 0.504 e. The lowest BCUT2D eigenvalue weighted by Gasteiger charge is -2.27. The third-order valence-electron chi connectivity index (χ3n) is 6.83. The van der Waals surface area contributed by atoms with E-state index in [4.69, 9.17) is 0 Å². The van der Waals surface area contributed by atoms with Gasteiger partial charge in [-0.15, -0.1) is 0 Å². The van der Waals surface area contributed by atoms with Gasteiger partial charge >= 0.3 is 0 Å². The van der Waals surface area contributed by atoms with Crippen LogP contribution in [0, 0.1) is 0 Å². The fourth-order valence-electron chi connectivity index (χ4n) is 4.87. The van der Waals surface area contributed by atoms with Crippen molar-refractivity contribution in [1.29, 1.82) is 0 Å². The molecule has 5 nitrogen and oxygen atoms in total. The molecular weight excluding hydrogens is 505 g/mol. The van der Waals surface area contributed by atoms with E-state index in [1.165, 1.54) is 40.2 Å². The topological polar surface area (TPSA) is 89.8 Å². The van der Waals surface area contributed by atoms with Gasteiger partial charge in [0.05, 0.1) is 6.16 Å². The van der Waals surface area contributed by atoms with Gasteiger partial charge in [-0.25, -0.2) is 0 Å². The van der Waals surface area contributed by atoms with E-state index in [0.29, 0.717) is 12.1 Å². The predicted octanol–water partition coefficient (Wildman–Crippen LogP) is 5.49. The fourth-order valence-corrected chi connectivity index (χ4v) is 9.28. The number of rotatable bonds is 12. The van der Waals surface area contributed by atoms with Gasteiger partial charge in [0.2, 0.25) is 5.91 Å². The Hall–Kier alpha value is -4.08. The Labute approximate surface area is 230 Å². The molecule has 0 aliphatic rings. The molecule has 0 aliphatic carbocycles. The van der Waals surface area contributed by atoms with Gasteiger partial charge in [-0.3, -0.25) is 4.79 Å². The summed E-state index contributed by atoms with van der Waals surface area (Å²) in [5.41, 5.74) is 0.417. The number of hydrogen-bond donors (Lipinski definition) is 4. The maximum absolute atomic E-state index is 12.2. The zero-order valence-corrected chi connectivity index (χ0v) is 22.8. The number of phenols is 3. The normalized spacial score (nSPS) is 11.5. The standard InChI is InChI=1S/C33H34NO4P/c35-30-24-26(25-31(36)33(30)38)20-21-32(37)34-22-12-1-2-13-23-39(27-14-6-3-7-15-27,28-16-8-4-9-17-28)29-18-10-5-11-19-29/h3-11,14-21,24-25H,1-2,12-13,22-23H2,(H3-,34,35,36,37,38)/p+1. The molecule has 4 aromatic carbocycles. The van der Waals surface area contributed by atoms with E-state index in [1.807, 2.05) is 0 Å². The lowest BCUT2D eigenvalue weighted by molar-refractivity contribution is -0.116. The molecule has 6 heteroatoms. The van der Waals surface area contributed by atoms with Crippen LogP contribution in [0.3, 0.4) is 0 Å². The van der Waals surface area contributed by atoms with E-state index in [2.05, 4.69) is 96.3 Å². The zero-order valence-electron chi connectivity index (χ0n) is 21.9. The molecule has 0 aromatic heterocycles. The lowest BCUT2D eigenvalue weighted by atomic mass is 10.1. The van der Waals surface area contributed by atoms with Crippen LogP contribution in [-0.4, -0.2) is 33.9 Å². The second-order valence-electron chi connectivity index (χ2n) is 9.49. The SMILES string of the molecule is O=C(C=Cc1cc(O)c(O)c(O)c1)NCCCCCC[P+](c1ccccc1)(c1ccccc1)c1ccccc1. The zero-order chi connectivity index (χ0) is 27.5. The van der Waals surface area contributed by atoms with Crippen molar-refractivity contribution < 1.29 is 20.1 Å². The number of benzene rings is 4. The molecular formula is C33H35NO4P+. The van der Waals surface area contributed by atoms with E-state index in [9.17, 15) is 20.1 Å². The van der Waals surface area contributed by atoms with E-state index < -0.39 is 24.5 Å². The van der Waals surface area contributed by atoms with Crippen molar-refractivity contribution in [1.82, 2.24) is 5.32 Å². The number of phenolic OH excluding ortho intramolecular Hbond substituents is 3. The van der Waals surface area contributed by atoms with Crippen LogP contribution in [0.25, 0.3) is 6.08 Å². The van der Waals surface area contributed by atoms with Crippen LogP contribution in [0.2, 0.25) is 0 Å². The van der Waals surface area contributed by atoms with Crippen molar-refractivity contribution >= 4 is 35.2 Å². The summed E-state index contributed by atoms with van der Waals surface area (Å²) in [7, 11) is -1.80. The van der Waals surface area contributed by atoms with Gasteiger partial charge < -0.3 is 20.6 Å². The Morgan fingerprint density at radius 1 is 0.667 bits per heavy atom. The van der Waals surface area contributed by atoms with E-state index in [1.54, 1.807) is 0 Å². The second-order valence-corrected chi connectivity index (χ2v) is 13.1. The van der Waals surface area contributed by atoms with Crippen LogP contribution in [0.5, 0.6) is 17.2 Å². The summed E-state index contributed by atoms with van der Waals surface area (Å²) >= 11 is 0. The van der Waals surface area contributed by atoms with Gasteiger partial charge in [-0.2, -0.15) is 0 Å². The minimum Gasteiger partial charge on any atom is -0.504 e. The van der Waals surface area contributed by atoms with Crippen LogP contribution in [0.1, 0.15) is 31.2 Å². The van der Waals surface area contributed by atoms with Crippen LogP contribution in [0.4, 0.5) is 0 Å². The summed E-state index contributed by atoms with van der Waals surface area (Å²) in [5, 5.41) is 35.7. The predicted molar refractivity (Wildman–Crippen MR) is 162 cm³/mol. The van der Waals surface area contributed by atoms with Gasteiger partial charge in [0.15, 0.2) is 17.2 Å². The number of amides is 1. The van der Waals surface area contributed by atoms with Crippen LogP contribution >= 0.6 is 7.26 Å². The number of aromatic hydroxyl groups is 3. The van der Waals surface area contributed by atoms with Crippen molar-refractivity contribution in [2.24, 2.45) is 0 Å². The van der Waals surface area contributed by atoms with Gasteiger partial charge in [0.25, 0.3) is 0 Å². The third-order valence-corrected chi connectivity index (χ3v) is 11.4. The molecule has 0 spiro atoms. The van der Waals surface area contributed by atoms with Gasteiger partial charge in [0.1, 0.15) is 23.2 Å². The van der Waals surface area contributed by atoms with Gasteiger partial charge in [0, 0.05) is 12.6 Å². The smallest absolute Gasteiger partial charge is 0.243 e. The first-order valence-corrected chi connectivity index (χ1v) is 15.2. The summed E-state index contributed by atoms with van der Waals surface area (Å²) in [4.78, 5) is 12.2. The Bertz CT molecular complexity index is 1260. The summed E-state index contributed by atoms with van der Waals surface area (Å²) in [5.74, 6) is -1.70. The highest BCUT2D eigenvalue weighted by molar-refractivity contribution is 7.95. The number of hydrogen-bond acceptors (Lipinski definition) is 4. The Morgan fingerprint density at radius 3 is 1.62 bits per heavy atom. The molecule has 0 aliphatic heterocycles. The Morgan fingerprint density at radius 2 is 1.13 bits per heavy atom. The highest BCUT2D eigenvalue weighted by Crippen LogP contribution is 2.56. The summed E-state index contributed by atoms with van der Waals surface area (Å²) in [6.07, 6.45) is 7.99. The molecule has 4 aromatic rings. The molecule has 0 radical (unpaired) electrons. The lowest BCUT2D eigenvalue weighted by Crippen LogP contribution is -2.33. The van der Waals surface area contributed by atoms with Crippen molar-refractivity contribution in [2.75, 3.05) is 12.7 Å². The van der Waals surface area contributed by atoms with E-state index >= 15 is 0 Å². The Balaban J connectivity index is 1.33. The molecule has 4 rings (SSSR count). The van der Waals surface area contributed by atoms with Crippen molar-refractivity contribution in [3.63, 3.8) is 0 Å². The number of unbranched alkanes of at least 4 members (excludes halogenated alkanes) is 3. The molecule has 0 saturated heterocycles. The molecule has 0 atom stereocenters. The average molecular weight is 541 g/mol. The third kappa shape index (κ3) is 7.07. The quantitative estimate of drug-likeness (QED) is 0.0829. The van der Waals surface area contributed by atoms with Gasteiger partial charge in [-0.1, -0.05) is 61.0 Å².